The molecule has 0 heterocycles. The summed E-state index contributed by atoms with van der Waals surface area (Å²) in [5, 5.41) is 0. The summed E-state index contributed by atoms with van der Waals surface area (Å²) >= 11 is 0. The maximum Gasteiger partial charge on any atom is 0.0302 e. The van der Waals surface area contributed by atoms with E-state index in [0.717, 1.165) is 6.42 Å². The third-order valence-corrected chi connectivity index (χ3v) is 1.19. The normalized spacial score (nSPS) is 8.55. The van der Waals surface area contributed by atoms with Crippen molar-refractivity contribution in [2.75, 3.05) is 0 Å². The molecule has 0 rings (SSSR count). The van der Waals surface area contributed by atoms with E-state index in [4.69, 9.17) is 5.73 Å². The minimum atomic E-state index is -0.0361. The molecule has 0 saturated carbocycles. The summed E-state index contributed by atoms with van der Waals surface area (Å²) in [5.74, 6) is 8.16. The lowest BCUT2D eigenvalue weighted by molar-refractivity contribution is 0.513. The molecule has 0 aliphatic carbocycles. The van der Waals surface area contributed by atoms with Crippen molar-refractivity contribution in [1.29, 1.82) is 0 Å². The summed E-state index contributed by atoms with van der Waals surface area (Å²) in [7, 11) is 0. The van der Waals surface area contributed by atoms with Crippen molar-refractivity contribution in [1.82, 2.24) is 0 Å². The Hall–Kier alpha value is -1.34. The molecular weight excluding hydrogens is 134 g/mol. The van der Waals surface area contributed by atoms with Gasteiger partial charge in [-0.1, -0.05) is 12.0 Å². The molecule has 11 heavy (non-hydrogen) atoms. The zero-order chi connectivity index (χ0) is 8.74. The molecule has 0 amide bonds. The van der Waals surface area contributed by atoms with E-state index >= 15 is 0 Å². The second kappa shape index (κ2) is 4.47. The van der Waals surface area contributed by atoms with Crippen LogP contribution >= 0.6 is 0 Å². The zero-order valence-electron chi connectivity index (χ0n) is 7.07. The summed E-state index contributed by atoms with van der Waals surface area (Å²) in [6, 6.07) is 2.23. The van der Waals surface area contributed by atoms with Gasteiger partial charge in [-0.05, 0) is 26.2 Å². The molecule has 0 atom stereocenters. The van der Waals surface area contributed by atoms with Gasteiger partial charge in [0.2, 0.25) is 0 Å². The van der Waals surface area contributed by atoms with Crippen molar-refractivity contribution in [3.8, 4) is 23.8 Å². The van der Waals surface area contributed by atoms with E-state index < -0.39 is 0 Å². The highest BCUT2D eigenvalue weighted by atomic mass is 14.4. The largest absolute Gasteiger partial charge is 0.359 e. The minimum absolute atomic E-state index is 0.0361. The molecular formula is C10H13N. The van der Waals surface area contributed by atoms with Gasteiger partial charge < -0.3 is 5.73 Å². The Morgan fingerprint density at radius 3 is 2.55 bits per heavy atom. The average Bonchev–Trinajstić information content (AvgIpc) is 1.87. The van der Waals surface area contributed by atoms with Gasteiger partial charge in [0.15, 0.2) is 0 Å². The first-order valence-electron chi connectivity index (χ1n) is 3.46. The van der Waals surface area contributed by atoms with E-state index in [1.165, 1.54) is 0 Å². The third kappa shape index (κ3) is 5.12. The van der Waals surface area contributed by atoms with Crippen LogP contribution in [0.1, 0.15) is 20.3 Å². The first-order chi connectivity index (χ1) is 5.12. The summed E-state index contributed by atoms with van der Waals surface area (Å²) < 4.78 is 0. The van der Waals surface area contributed by atoms with Crippen molar-refractivity contribution in [3.63, 3.8) is 0 Å². The van der Waals surface area contributed by atoms with Gasteiger partial charge in [0.05, 0.1) is 0 Å². The van der Waals surface area contributed by atoms with Gasteiger partial charge in [-0.25, -0.2) is 0 Å². The maximum absolute atomic E-state index is 4.95. The molecule has 2 N–H and O–H groups in total. The van der Waals surface area contributed by atoms with E-state index in [0.29, 0.717) is 0 Å². The van der Waals surface area contributed by atoms with Crippen LogP contribution in [0.25, 0.3) is 0 Å². The number of hydrogen-bond acceptors (Lipinski definition) is 1. The SMILES string of the molecule is C=CCC(C)(C)C#CC#CN. The Labute approximate surface area is 68.7 Å². The topological polar surface area (TPSA) is 26.0 Å². The summed E-state index contributed by atoms with van der Waals surface area (Å²) in [6.07, 6.45) is 2.72. The van der Waals surface area contributed by atoms with Crippen LogP contribution in [-0.2, 0) is 0 Å². The first kappa shape index (κ1) is 9.66. The molecule has 0 aromatic rings. The standard InChI is InChI=1S/C10H13N/c1-4-7-10(2,3)8-5-6-9-11/h4H,1,7,11H2,2-3H3. The molecule has 0 bridgehead atoms. The van der Waals surface area contributed by atoms with Crippen LogP contribution in [0.15, 0.2) is 12.7 Å². The fourth-order valence-electron chi connectivity index (χ4n) is 0.648. The maximum atomic E-state index is 4.95. The second-order valence-electron chi connectivity index (χ2n) is 2.90. The lowest BCUT2D eigenvalue weighted by atomic mass is 9.90. The Balaban J connectivity index is 4.20. The highest BCUT2D eigenvalue weighted by Gasteiger charge is 2.10. The van der Waals surface area contributed by atoms with E-state index in [1.807, 2.05) is 19.9 Å². The average molecular weight is 147 g/mol. The molecule has 0 aliphatic rings. The van der Waals surface area contributed by atoms with Gasteiger partial charge in [-0.3, -0.25) is 0 Å². The molecule has 1 nitrogen and oxygen atoms in total. The van der Waals surface area contributed by atoms with E-state index in [9.17, 15) is 0 Å². The smallest absolute Gasteiger partial charge is 0.0302 e. The number of allylic oxidation sites excluding steroid dienone is 1. The molecule has 0 radical (unpaired) electrons. The number of rotatable bonds is 2. The Bertz CT molecular complexity index is 240. The third-order valence-electron chi connectivity index (χ3n) is 1.19. The lowest BCUT2D eigenvalue weighted by Gasteiger charge is -2.12. The van der Waals surface area contributed by atoms with E-state index in [1.54, 1.807) is 0 Å². The molecule has 0 saturated heterocycles. The Kier molecular flexibility index (Phi) is 3.93. The predicted molar refractivity (Wildman–Crippen MR) is 48.3 cm³/mol. The summed E-state index contributed by atoms with van der Waals surface area (Å²) in [6.45, 7) is 7.73. The van der Waals surface area contributed by atoms with Crippen LogP contribution in [0.2, 0.25) is 0 Å². The van der Waals surface area contributed by atoms with Crippen LogP contribution in [0.3, 0.4) is 0 Å². The quantitative estimate of drug-likeness (QED) is 0.357. The van der Waals surface area contributed by atoms with E-state index in [2.05, 4.69) is 30.4 Å². The van der Waals surface area contributed by atoms with Gasteiger partial charge in [-0.15, -0.1) is 6.58 Å². The Morgan fingerprint density at radius 1 is 1.45 bits per heavy atom. The van der Waals surface area contributed by atoms with Gasteiger partial charge in [-0.2, -0.15) is 0 Å². The minimum Gasteiger partial charge on any atom is -0.359 e. The molecule has 0 fully saturated rings. The number of nitrogens with two attached hydrogens (primary N) is 1. The second-order valence-corrected chi connectivity index (χ2v) is 2.90. The Morgan fingerprint density at radius 2 is 2.09 bits per heavy atom. The zero-order valence-corrected chi connectivity index (χ0v) is 7.07. The summed E-state index contributed by atoms with van der Waals surface area (Å²) in [5.41, 5.74) is 4.91. The lowest BCUT2D eigenvalue weighted by Crippen LogP contribution is -2.05. The highest BCUT2D eigenvalue weighted by Crippen LogP contribution is 2.18. The molecule has 58 valence electrons. The predicted octanol–water partition coefficient (Wildman–Crippen LogP) is 1.51. The van der Waals surface area contributed by atoms with Crippen molar-refractivity contribution >= 4 is 0 Å². The molecule has 0 aliphatic heterocycles. The fraction of sp³-hybridized carbons (Fsp3) is 0.400. The van der Waals surface area contributed by atoms with Gasteiger partial charge in [0, 0.05) is 17.4 Å². The van der Waals surface area contributed by atoms with Crippen molar-refractivity contribution in [2.45, 2.75) is 20.3 Å². The van der Waals surface area contributed by atoms with Crippen molar-refractivity contribution in [2.24, 2.45) is 11.1 Å². The fourth-order valence-corrected chi connectivity index (χ4v) is 0.648. The van der Waals surface area contributed by atoms with Gasteiger partial charge in [0.25, 0.3) is 0 Å². The molecule has 1 heteroatoms. The van der Waals surface area contributed by atoms with Crippen LogP contribution in [-0.4, -0.2) is 0 Å². The monoisotopic (exact) mass is 147 g/mol. The first-order valence-corrected chi connectivity index (χ1v) is 3.46. The van der Waals surface area contributed by atoms with Gasteiger partial charge >= 0.3 is 0 Å². The van der Waals surface area contributed by atoms with E-state index in [-0.39, 0.29) is 5.41 Å². The van der Waals surface area contributed by atoms with Crippen molar-refractivity contribution < 1.29 is 0 Å². The number of hydrogen-bond donors (Lipinski definition) is 1. The van der Waals surface area contributed by atoms with Crippen LogP contribution < -0.4 is 5.73 Å². The molecule has 0 aromatic heterocycles. The van der Waals surface area contributed by atoms with Crippen LogP contribution in [0, 0.1) is 29.2 Å². The highest BCUT2D eigenvalue weighted by molar-refractivity contribution is 5.27. The van der Waals surface area contributed by atoms with Crippen molar-refractivity contribution in [3.05, 3.63) is 12.7 Å². The summed E-state index contributed by atoms with van der Waals surface area (Å²) in [4.78, 5) is 0. The molecule has 0 unspecified atom stereocenters. The molecule has 0 aromatic carbocycles. The molecule has 0 spiro atoms. The van der Waals surface area contributed by atoms with Gasteiger partial charge in [0.1, 0.15) is 0 Å². The van der Waals surface area contributed by atoms with Crippen LogP contribution in [0.4, 0.5) is 0 Å². The van der Waals surface area contributed by atoms with Crippen LogP contribution in [0.5, 0.6) is 0 Å².